The van der Waals surface area contributed by atoms with Gasteiger partial charge in [-0.15, -0.1) is 0 Å². The van der Waals surface area contributed by atoms with Crippen LogP contribution in [0.1, 0.15) is 25.6 Å². The Kier molecular flexibility index (Phi) is 4.86. The topological polar surface area (TPSA) is 25.2 Å². The van der Waals surface area contributed by atoms with Crippen LogP contribution in [-0.2, 0) is 0 Å². The molecule has 4 heteroatoms. The lowest BCUT2D eigenvalue weighted by Gasteiger charge is -2.08. The molecular weight excluding hydrogens is 405 g/mol. The molecular formula is C14H15BrINO. The standard InChI is InChI=1S/C14H15BrINO/c1-3-17-9(2)13-6-7-14(18-13)10-4-5-12(16)11(15)8-10/h4-9,17H,3H2,1-2H3. The van der Waals surface area contributed by atoms with E-state index in [4.69, 9.17) is 4.42 Å². The van der Waals surface area contributed by atoms with Crippen molar-refractivity contribution in [2.45, 2.75) is 19.9 Å². The van der Waals surface area contributed by atoms with E-state index >= 15 is 0 Å². The molecule has 1 heterocycles. The van der Waals surface area contributed by atoms with Gasteiger partial charge in [0.25, 0.3) is 0 Å². The molecule has 0 amide bonds. The van der Waals surface area contributed by atoms with Crippen LogP contribution in [0.15, 0.2) is 39.2 Å². The molecule has 1 aromatic heterocycles. The minimum Gasteiger partial charge on any atom is -0.459 e. The lowest BCUT2D eigenvalue weighted by molar-refractivity contribution is 0.445. The smallest absolute Gasteiger partial charge is 0.134 e. The average Bonchev–Trinajstić information content (AvgIpc) is 2.82. The zero-order valence-electron chi connectivity index (χ0n) is 10.3. The van der Waals surface area contributed by atoms with E-state index in [1.807, 2.05) is 12.1 Å². The van der Waals surface area contributed by atoms with Gasteiger partial charge in [0.1, 0.15) is 11.5 Å². The van der Waals surface area contributed by atoms with E-state index < -0.39 is 0 Å². The first-order valence-corrected chi connectivity index (χ1v) is 7.77. The third-order valence-electron chi connectivity index (χ3n) is 2.77. The van der Waals surface area contributed by atoms with Gasteiger partial charge in [-0.3, -0.25) is 0 Å². The molecule has 1 N–H and O–H groups in total. The molecule has 0 spiro atoms. The molecule has 1 aromatic carbocycles. The molecule has 0 fully saturated rings. The van der Waals surface area contributed by atoms with Gasteiger partial charge in [0.15, 0.2) is 0 Å². The van der Waals surface area contributed by atoms with Gasteiger partial charge in [-0.05, 0) is 76.3 Å². The highest BCUT2D eigenvalue weighted by Crippen LogP contribution is 2.29. The van der Waals surface area contributed by atoms with Crippen LogP contribution in [-0.4, -0.2) is 6.54 Å². The van der Waals surface area contributed by atoms with Crippen LogP contribution >= 0.6 is 38.5 Å². The number of furan rings is 1. The quantitative estimate of drug-likeness (QED) is 0.706. The molecule has 2 rings (SSSR count). The third kappa shape index (κ3) is 3.16. The Bertz CT molecular complexity index is 538. The summed E-state index contributed by atoms with van der Waals surface area (Å²) in [6, 6.07) is 10.5. The highest BCUT2D eigenvalue weighted by Gasteiger charge is 2.11. The molecule has 18 heavy (non-hydrogen) atoms. The van der Waals surface area contributed by atoms with Crippen molar-refractivity contribution in [2.75, 3.05) is 6.54 Å². The van der Waals surface area contributed by atoms with Crippen molar-refractivity contribution in [3.05, 3.63) is 44.1 Å². The molecule has 0 bridgehead atoms. The Hall–Kier alpha value is -0.330. The van der Waals surface area contributed by atoms with Crippen LogP contribution in [0.5, 0.6) is 0 Å². The summed E-state index contributed by atoms with van der Waals surface area (Å²) in [6.07, 6.45) is 0. The highest BCUT2D eigenvalue weighted by molar-refractivity contribution is 14.1. The van der Waals surface area contributed by atoms with Crippen molar-refractivity contribution in [1.82, 2.24) is 5.32 Å². The summed E-state index contributed by atoms with van der Waals surface area (Å²) in [6.45, 7) is 5.14. The number of halogens is 2. The molecule has 0 aliphatic rings. The maximum absolute atomic E-state index is 5.89. The van der Waals surface area contributed by atoms with Crippen molar-refractivity contribution < 1.29 is 4.42 Å². The second kappa shape index (κ2) is 6.21. The van der Waals surface area contributed by atoms with E-state index in [9.17, 15) is 0 Å². The van der Waals surface area contributed by atoms with Crippen molar-refractivity contribution in [3.63, 3.8) is 0 Å². The molecule has 0 saturated heterocycles. The molecule has 1 atom stereocenters. The Morgan fingerprint density at radius 1 is 1.33 bits per heavy atom. The van der Waals surface area contributed by atoms with Crippen molar-refractivity contribution in [1.29, 1.82) is 0 Å². The van der Waals surface area contributed by atoms with Gasteiger partial charge < -0.3 is 9.73 Å². The van der Waals surface area contributed by atoms with Gasteiger partial charge in [0, 0.05) is 13.6 Å². The van der Waals surface area contributed by atoms with Crippen molar-refractivity contribution in [2.24, 2.45) is 0 Å². The summed E-state index contributed by atoms with van der Waals surface area (Å²) in [5.41, 5.74) is 1.09. The minimum atomic E-state index is 0.246. The van der Waals surface area contributed by atoms with Crippen LogP contribution in [0.4, 0.5) is 0 Å². The lowest BCUT2D eigenvalue weighted by Crippen LogP contribution is -2.16. The summed E-state index contributed by atoms with van der Waals surface area (Å²) < 4.78 is 8.19. The van der Waals surface area contributed by atoms with E-state index in [0.717, 1.165) is 28.1 Å². The normalized spacial score (nSPS) is 12.7. The molecule has 2 aromatic rings. The monoisotopic (exact) mass is 419 g/mol. The van der Waals surface area contributed by atoms with Gasteiger partial charge in [-0.25, -0.2) is 0 Å². The van der Waals surface area contributed by atoms with Gasteiger partial charge in [-0.1, -0.05) is 13.0 Å². The van der Waals surface area contributed by atoms with Gasteiger partial charge in [0.05, 0.1) is 6.04 Å². The summed E-state index contributed by atoms with van der Waals surface area (Å²) in [4.78, 5) is 0. The second-order valence-corrected chi connectivity index (χ2v) is 6.13. The average molecular weight is 420 g/mol. The van der Waals surface area contributed by atoms with Crippen LogP contribution < -0.4 is 5.32 Å². The third-order valence-corrected chi connectivity index (χ3v) is 5.11. The first-order valence-electron chi connectivity index (χ1n) is 5.90. The van der Waals surface area contributed by atoms with E-state index in [0.29, 0.717) is 0 Å². The molecule has 0 aliphatic carbocycles. The first-order chi connectivity index (χ1) is 8.61. The molecule has 96 valence electrons. The van der Waals surface area contributed by atoms with Crippen LogP contribution in [0.25, 0.3) is 11.3 Å². The first kappa shape index (κ1) is 14.1. The highest BCUT2D eigenvalue weighted by atomic mass is 127. The zero-order valence-corrected chi connectivity index (χ0v) is 14.1. The van der Waals surface area contributed by atoms with Gasteiger partial charge in [-0.2, -0.15) is 0 Å². The summed E-state index contributed by atoms with van der Waals surface area (Å²) >= 11 is 5.84. The van der Waals surface area contributed by atoms with Crippen molar-refractivity contribution >= 4 is 38.5 Å². The zero-order chi connectivity index (χ0) is 13.1. The SMILES string of the molecule is CCNC(C)c1ccc(-c2ccc(I)c(Br)c2)o1. The predicted octanol–water partition coefficient (Wildman–Crippen LogP) is 4.98. The number of nitrogens with one attached hydrogen (secondary N) is 1. The summed E-state index contributed by atoms with van der Waals surface area (Å²) in [7, 11) is 0. The Morgan fingerprint density at radius 3 is 2.78 bits per heavy atom. The molecule has 1 unspecified atom stereocenters. The van der Waals surface area contributed by atoms with E-state index in [-0.39, 0.29) is 6.04 Å². The molecule has 0 radical (unpaired) electrons. The lowest BCUT2D eigenvalue weighted by atomic mass is 10.2. The van der Waals surface area contributed by atoms with Gasteiger partial charge in [0.2, 0.25) is 0 Å². The Labute approximate surface area is 129 Å². The molecule has 2 nitrogen and oxygen atoms in total. The fourth-order valence-corrected chi connectivity index (χ4v) is 2.51. The van der Waals surface area contributed by atoms with E-state index in [2.05, 4.69) is 75.9 Å². The predicted molar refractivity (Wildman–Crippen MR) is 86.7 cm³/mol. The second-order valence-electron chi connectivity index (χ2n) is 4.11. The minimum absolute atomic E-state index is 0.246. The van der Waals surface area contributed by atoms with Gasteiger partial charge >= 0.3 is 0 Å². The van der Waals surface area contributed by atoms with Crippen molar-refractivity contribution in [3.8, 4) is 11.3 Å². The summed E-state index contributed by atoms with van der Waals surface area (Å²) in [5, 5.41) is 3.34. The van der Waals surface area contributed by atoms with Crippen LogP contribution in [0, 0.1) is 3.57 Å². The largest absolute Gasteiger partial charge is 0.459 e. The number of hydrogen-bond acceptors (Lipinski definition) is 2. The maximum atomic E-state index is 5.89. The Morgan fingerprint density at radius 2 is 2.11 bits per heavy atom. The fraction of sp³-hybridized carbons (Fsp3) is 0.286. The number of hydrogen-bond donors (Lipinski definition) is 1. The number of benzene rings is 1. The van der Waals surface area contributed by atoms with Crippen LogP contribution in [0.2, 0.25) is 0 Å². The Balaban J connectivity index is 2.26. The van der Waals surface area contributed by atoms with E-state index in [1.54, 1.807) is 0 Å². The summed E-state index contributed by atoms with van der Waals surface area (Å²) in [5.74, 6) is 1.88. The molecule has 0 aliphatic heterocycles. The number of rotatable bonds is 4. The molecule has 0 saturated carbocycles. The maximum Gasteiger partial charge on any atom is 0.134 e. The van der Waals surface area contributed by atoms with Crippen LogP contribution in [0.3, 0.4) is 0 Å². The fourth-order valence-electron chi connectivity index (χ4n) is 1.80. The van der Waals surface area contributed by atoms with E-state index in [1.165, 1.54) is 3.57 Å².